The molecule has 1 saturated heterocycles. The SMILES string of the molecule is CCC(O)CN1CCC(C)CC1=O. The molecule has 0 aromatic heterocycles. The summed E-state index contributed by atoms with van der Waals surface area (Å²) in [7, 11) is 0. The molecule has 3 nitrogen and oxygen atoms in total. The Bertz CT molecular complexity index is 182. The minimum absolute atomic E-state index is 0.200. The third-order valence-electron chi connectivity index (χ3n) is 2.67. The van der Waals surface area contributed by atoms with Crippen molar-refractivity contribution in [3.8, 4) is 0 Å². The summed E-state index contributed by atoms with van der Waals surface area (Å²) in [4.78, 5) is 13.3. The molecule has 1 aliphatic heterocycles. The lowest BCUT2D eigenvalue weighted by atomic mass is 9.98. The predicted molar refractivity (Wildman–Crippen MR) is 51.3 cm³/mol. The van der Waals surface area contributed by atoms with Crippen LogP contribution in [0.3, 0.4) is 0 Å². The Hall–Kier alpha value is -0.570. The van der Waals surface area contributed by atoms with Gasteiger partial charge in [0.1, 0.15) is 0 Å². The Labute approximate surface area is 79.7 Å². The number of aliphatic hydroxyl groups is 1. The van der Waals surface area contributed by atoms with Crippen LogP contribution < -0.4 is 0 Å². The zero-order valence-corrected chi connectivity index (χ0v) is 8.49. The summed E-state index contributed by atoms with van der Waals surface area (Å²) in [6.07, 6.45) is 2.09. The van der Waals surface area contributed by atoms with Gasteiger partial charge in [0.05, 0.1) is 6.10 Å². The summed E-state index contributed by atoms with van der Waals surface area (Å²) < 4.78 is 0. The van der Waals surface area contributed by atoms with Crippen molar-refractivity contribution >= 4 is 5.91 Å². The molecule has 2 unspecified atom stereocenters. The number of β-amino-alcohol motifs (C(OH)–C–C–N with tert-alkyl or cyclic N) is 1. The highest BCUT2D eigenvalue weighted by atomic mass is 16.3. The van der Waals surface area contributed by atoms with E-state index < -0.39 is 0 Å². The third kappa shape index (κ3) is 2.99. The van der Waals surface area contributed by atoms with Gasteiger partial charge >= 0.3 is 0 Å². The summed E-state index contributed by atoms with van der Waals surface area (Å²) in [5.41, 5.74) is 0. The summed E-state index contributed by atoms with van der Waals surface area (Å²) in [5, 5.41) is 9.40. The number of hydrogen-bond acceptors (Lipinski definition) is 2. The highest BCUT2D eigenvalue weighted by Crippen LogP contribution is 2.17. The van der Waals surface area contributed by atoms with Gasteiger partial charge in [-0.1, -0.05) is 13.8 Å². The maximum Gasteiger partial charge on any atom is 0.222 e. The van der Waals surface area contributed by atoms with Gasteiger partial charge in [0.15, 0.2) is 0 Å². The summed E-state index contributed by atoms with van der Waals surface area (Å²) in [6, 6.07) is 0. The van der Waals surface area contributed by atoms with E-state index in [0.29, 0.717) is 18.9 Å². The normalized spacial score (nSPS) is 26.2. The van der Waals surface area contributed by atoms with Crippen molar-refractivity contribution in [2.24, 2.45) is 5.92 Å². The number of rotatable bonds is 3. The zero-order valence-electron chi connectivity index (χ0n) is 8.49. The standard InChI is InChI=1S/C10H19NO2/c1-3-9(12)7-11-5-4-8(2)6-10(11)13/h8-9,12H,3-7H2,1-2H3. The topological polar surface area (TPSA) is 40.5 Å². The van der Waals surface area contributed by atoms with Gasteiger partial charge in [-0.15, -0.1) is 0 Å². The number of hydrogen-bond donors (Lipinski definition) is 1. The number of piperidine rings is 1. The Balaban J connectivity index is 2.38. The van der Waals surface area contributed by atoms with Crippen LogP contribution in [0.4, 0.5) is 0 Å². The molecule has 76 valence electrons. The van der Waals surface area contributed by atoms with Crippen LogP contribution in [0.25, 0.3) is 0 Å². The molecule has 13 heavy (non-hydrogen) atoms. The van der Waals surface area contributed by atoms with E-state index in [2.05, 4.69) is 6.92 Å². The van der Waals surface area contributed by atoms with Crippen molar-refractivity contribution < 1.29 is 9.90 Å². The van der Waals surface area contributed by atoms with E-state index in [-0.39, 0.29) is 12.0 Å². The van der Waals surface area contributed by atoms with Crippen molar-refractivity contribution in [2.45, 2.75) is 39.2 Å². The van der Waals surface area contributed by atoms with E-state index in [1.807, 2.05) is 6.92 Å². The van der Waals surface area contributed by atoms with Gasteiger partial charge < -0.3 is 10.0 Å². The second-order valence-corrected chi connectivity index (χ2v) is 4.00. The molecule has 1 aliphatic rings. The van der Waals surface area contributed by atoms with Crippen molar-refractivity contribution in [1.82, 2.24) is 4.90 Å². The average Bonchev–Trinajstić information content (AvgIpc) is 2.09. The fraction of sp³-hybridized carbons (Fsp3) is 0.900. The summed E-state index contributed by atoms with van der Waals surface area (Å²) in [6.45, 7) is 5.37. The molecule has 3 heteroatoms. The number of aliphatic hydroxyl groups excluding tert-OH is 1. The molecule has 0 saturated carbocycles. The van der Waals surface area contributed by atoms with Crippen LogP contribution in [0, 0.1) is 5.92 Å². The molecule has 1 heterocycles. The Morgan fingerprint density at radius 1 is 1.69 bits per heavy atom. The Morgan fingerprint density at radius 2 is 2.38 bits per heavy atom. The highest BCUT2D eigenvalue weighted by molar-refractivity contribution is 5.77. The van der Waals surface area contributed by atoms with Crippen molar-refractivity contribution in [1.29, 1.82) is 0 Å². The second kappa shape index (κ2) is 4.61. The molecule has 0 aromatic rings. The van der Waals surface area contributed by atoms with Crippen molar-refractivity contribution in [3.63, 3.8) is 0 Å². The van der Waals surface area contributed by atoms with Crippen molar-refractivity contribution in [3.05, 3.63) is 0 Å². The minimum Gasteiger partial charge on any atom is -0.391 e. The quantitative estimate of drug-likeness (QED) is 0.713. The maximum absolute atomic E-state index is 11.5. The van der Waals surface area contributed by atoms with E-state index >= 15 is 0 Å². The molecular formula is C10H19NO2. The van der Waals surface area contributed by atoms with Gasteiger partial charge in [-0.3, -0.25) is 4.79 Å². The first kappa shape index (κ1) is 10.5. The first-order chi connectivity index (χ1) is 6.13. The van der Waals surface area contributed by atoms with E-state index in [1.54, 1.807) is 4.90 Å². The number of likely N-dealkylation sites (tertiary alicyclic amines) is 1. The lowest BCUT2D eigenvalue weighted by Crippen LogP contribution is -2.42. The number of amides is 1. The minimum atomic E-state index is -0.350. The Kier molecular flexibility index (Phi) is 3.72. The van der Waals surface area contributed by atoms with Crippen LogP contribution >= 0.6 is 0 Å². The number of nitrogens with zero attached hydrogens (tertiary/aromatic N) is 1. The summed E-state index contributed by atoms with van der Waals surface area (Å²) >= 11 is 0. The van der Waals surface area contributed by atoms with Crippen LogP contribution in [-0.4, -0.2) is 35.1 Å². The lowest BCUT2D eigenvalue weighted by molar-refractivity contribution is -0.136. The highest BCUT2D eigenvalue weighted by Gasteiger charge is 2.23. The monoisotopic (exact) mass is 185 g/mol. The van der Waals surface area contributed by atoms with Gasteiger partial charge in [0.2, 0.25) is 5.91 Å². The first-order valence-corrected chi connectivity index (χ1v) is 5.09. The fourth-order valence-electron chi connectivity index (χ4n) is 1.61. The summed E-state index contributed by atoms with van der Waals surface area (Å²) in [5.74, 6) is 0.716. The molecule has 0 bridgehead atoms. The van der Waals surface area contributed by atoms with E-state index in [9.17, 15) is 9.90 Å². The fourth-order valence-corrected chi connectivity index (χ4v) is 1.61. The molecule has 1 N–H and O–H groups in total. The van der Waals surface area contributed by atoms with Gasteiger partial charge in [0, 0.05) is 19.5 Å². The molecule has 0 aliphatic carbocycles. The lowest BCUT2D eigenvalue weighted by Gasteiger charge is -2.31. The largest absolute Gasteiger partial charge is 0.391 e. The van der Waals surface area contributed by atoms with Gasteiger partial charge in [-0.2, -0.15) is 0 Å². The molecule has 0 radical (unpaired) electrons. The molecule has 0 spiro atoms. The van der Waals surface area contributed by atoms with Gasteiger partial charge in [-0.05, 0) is 18.8 Å². The Morgan fingerprint density at radius 3 is 2.92 bits per heavy atom. The molecular weight excluding hydrogens is 166 g/mol. The maximum atomic E-state index is 11.5. The number of carbonyl (C=O) groups is 1. The van der Waals surface area contributed by atoms with E-state index in [1.165, 1.54) is 0 Å². The van der Waals surface area contributed by atoms with E-state index in [0.717, 1.165) is 19.4 Å². The van der Waals surface area contributed by atoms with Crippen LogP contribution in [0.5, 0.6) is 0 Å². The first-order valence-electron chi connectivity index (χ1n) is 5.09. The molecule has 1 amide bonds. The number of carbonyl (C=O) groups excluding carboxylic acids is 1. The predicted octanol–water partition coefficient (Wildman–Crippen LogP) is 1.02. The van der Waals surface area contributed by atoms with Crippen LogP contribution in [0.15, 0.2) is 0 Å². The second-order valence-electron chi connectivity index (χ2n) is 4.00. The van der Waals surface area contributed by atoms with Crippen LogP contribution in [0.1, 0.15) is 33.1 Å². The van der Waals surface area contributed by atoms with Gasteiger partial charge in [0.25, 0.3) is 0 Å². The van der Waals surface area contributed by atoms with Gasteiger partial charge in [-0.25, -0.2) is 0 Å². The molecule has 2 atom stereocenters. The van der Waals surface area contributed by atoms with Crippen LogP contribution in [0.2, 0.25) is 0 Å². The average molecular weight is 185 g/mol. The zero-order chi connectivity index (χ0) is 9.84. The molecule has 0 aromatic carbocycles. The molecule has 1 fully saturated rings. The smallest absolute Gasteiger partial charge is 0.222 e. The van der Waals surface area contributed by atoms with Crippen LogP contribution in [-0.2, 0) is 4.79 Å². The third-order valence-corrected chi connectivity index (χ3v) is 2.67. The molecule has 1 rings (SSSR count). The van der Waals surface area contributed by atoms with E-state index in [4.69, 9.17) is 0 Å². The van der Waals surface area contributed by atoms with Crippen molar-refractivity contribution in [2.75, 3.05) is 13.1 Å².